The summed E-state index contributed by atoms with van der Waals surface area (Å²) in [7, 11) is 1.67. The predicted molar refractivity (Wildman–Crippen MR) is 185 cm³/mol. The van der Waals surface area contributed by atoms with E-state index in [0.29, 0.717) is 48.5 Å². The van der Waals surface area contributed by atoms with Gasteiger partial charge in [0.05, 0.1) is 37.3 Å². The summed E-state index contributed by atoms with van der Waals surface area (Å²) in [6.45, 7) is -0.0205. The summed E-state index contributed by atoms with van der Waals surface area (Å²) in [5.41, 5.74) is 10.3. The third-order valence-electron chi connectivity index (χ3n) is 7.84. The number of carbonyl (C=O) groups excluding carboxylic acids is 2. The van der Waals surface area contributed by atoms with Gasteiger partial charge in [0.15, 0.2) is 6.29 Å². The van der Waals surface area contributed by atoms with Crippen LogP contribution in [0.15, 0.2) is 102 Å². The van der Waals surface area contributed by atoms with E-state index in [1.165, 1.54) is 0 Å². The van der Waals surface area contributed by atoms with Gasteiger partial charge in [0, 0.05) is 41.2 Å². The van der Waals surface area contributed by atoms with Crippen LogP contribution in [-0.4, -0.2) is 35.9 Å². The highest BCUT2D eigenvalue weighted by Crippen LogP contribution is 2.40. The van der Waals surface area contributed by atoms with Crippen molar-refractivity contribution in [2.45, 2.75) is 62.1 Å². The first-order valence-electron chi connectivity index (χ1n) is 15.7. The van der Waals surface area contributed by atoms with Crippen molar-refractivity contribution in [3.63, 3.8) is 0 Å². The number of rotatable bonds is 14. The smallest absolute Gasteiger partial charge is 0.224 e. The third-order valence-corrected chi connectivity index (χ3v) is 9.03. The number of amides is 2. The maximum atomic E-state index is 12.8. The number of hydrogen-bond donors (Lipinski definition) is 4. The monoisotopic (exact) mass is 655 g/mol. The van der Waals surface area contributed by atoms with Crippen LogP contribution in [0.5, 0.6) is 5.75 Å². The van der Waals surface area contributed by atoms with Gasteiger partial charge < -0.3 is 35.7 Å². The highest BCUT2D eigenvalue weighted by Gasteiger charge is 2.32. The number of hydrogen-bond acceptors (Lipinski definition) is 8. The second kappa shape index (κ2) is 17.0. The zero-order chi connectivity index (χ0) is 33.0. The van der Waals surface area contributed by atoms with E-state index in [1.54, 1.807) is 31.0 Å². The van der Waals surface area contributed by atoms with E-state index in [2.05, 4.69) is 10.6 Å². The number of aliphatic hydroxyl groups is 1. The highest BCUT2D eigenvalue weighted by atomic mass is 32.2. The van der Waals surface area contributed by atoms with E-state index in [1.807, 2.05) is 84.9 Å². The molecule has 0 aliphatic carbocycles. The van der Waals surface area contributed by atoms with Crippen LogP contribution in [0.2, 0.25) is 0 Å². The fourth-order valence-electron chi connectivity index (χ4n) is 5.32. The van der Waals surface area contributed by atoms with E-state index in [4.69, 9.17) is 19.9 Å². The Morgan fingerprint density at radius 1 is 0.872 bits per heavy atom. The van der Waals surface area contributed by atoms with E-state index in [0.717, 1.165) is 27.3 Å². The summed E-state index contributed by atoms with van der Waals surface area (Å²) >= 11 is 1.68. The second-order valence-electron chi connectivity index (χ2n) is 11.3. The molecule has 5 rings (SSSR count). The predicted octanol–water partition coefficient (Wildman–Crippen LogP) is 7.25. The van der Waals surface area contributed by atoms with Crippen LogP contribution in [0, 0.1) is 0 Å². The van der Waals surface area contributed by atoms with Crippen molar-refractivity contribution < 1.29 is 28.9 Å². The molecular weight excluding hydrogens is 614 g/mol. The Kier molecular flexibility index (Phi) is 12.3. The minimum absolute atomic E-state index is 0.0205. The van der Waals surface area contributed by atoms with Crippen LogP contribution in [0.25, 0.3) is 0 Å². The number of carbonyl (C=O) groups is 2. The average molecular weight is 656 g/mol. The lowest BCUT2D eigenvalue weighted by Gasteiger charge is -2.36. The normalized spacial score (nSPS) is 17.5. The van der Waals surface area contributed by atoms with Crippen LogP contribution >= 0.6 is 11.8 Å². The number of unbranched alkanes of at least 4 members (excludes halogenated alkanes) is 1. The van der Waals surface area contributed by atoms with Gasteiger partial charge in [-0.25, -0.2) is 0 Å². The van der Waals surface area contributed by atoms with E-state index in [9.17, 15) is 14.7 Å². The van der Waals surface area contributed by atoms with Crippen molar-refractivity contribution in [1.82, 2.24) is 0 Å². The largest absolute Gasteiger partial charge is 0.496 e. The molecule has 1 aliphatic rings. The third kappa shape index (κ3) is 9.82. The molecule has 1 aliphatic heterocycles. The minimum Gasteiger partial charge on any atom is -0.496 e. The second-order valence-corrected chi connectivity index (χ2v) is 12.4. The first-order chi connectivity index (χ1) is 22.9. The maximum absolute atomic E-state index is 12.8. The highest BCUT2D eigenvalue weighted by molar-refractivity contribution is 7.99. The van der Waals surface area contributed by atoms with Gasteiger partial charge in [0.2, 0.25) is 11.8 Å². The van der Waals surface area contributed by atoms with Crippen molar-refractivity contribution >= 4 is 40.6 Å². The number of para-hydroxylation sites is 3. The van der Waals surface area contributed by atoms with Crippen LogP contribution in [0.1, 0.15) is 61.2 Å². The van der Waals surface area contributed by atoms with Gasteiger partial charge in [-0.05, 0) is 60.4 Å². The minimum atomic E-state index is -0.649. The molecule has 1 fully saturated rings. The van der Waals surface area contributed by atoms with Crippen LogP contribution in [-0.2, 0) is 25.7 Å². The lowest BCUT2D eigenvalue weighted by atomic mass is 10.0. The standard InChI is InChI=1S/C37H41N3O6S/c1-44-32-13-4-5-14-34(32)47-24-29-22-33(26-19-17-25(23-41)18-20-26)46-37(45-29)27-9-8-10-28(21-27)39-35(42)15-6-7-16-36(43)40-31-12-3-2-11-30(31)38/h2-5,8-14,17-21,29,33,37,41H,6-7,15-16,22-24,38H2,1H3,(H,39,42)(H,40,43). The number of nitrogens with one attached hydrogen (secondary N) is 2. The average Bonchev–Trinajstić information content (AvgIpc) is 3.10. The molecule has 9 nitrogen and oxygen atoms in total. The molecule has 0 aromatic heterocycles. The molecule has 4 aromatic rings. The number of nitrogens with two attached hydrogens (primary N) is 1. The Hall–Kier alpha value is -4.35. The zero-order valence-electron chi connectivity index (χ0n) is 26.4. The quantitative estimate of drug-likeness (QED) is 0.0635. The summed E-state index contributed by atoms with van der Waals surface area (Å²) in [6, 6.07) is 30.3. The molecule has 1 heterocycles. The van der Waals surface area contributed by atoms with Crippen LogP contribution in [0.3, 0.4) is 0 Å². The first kappa shape index (κ1) is 34.0. The summed E-state index contributed by atoms with van der Waals surface area (Å²) in [5.74, 6) is 1.25. The van der Waals surface area contributed by atoms with E-state index in [-0.39, 0.29) is 37.0 Å². The maximum Gasteiger partial charge on any atom is 0.224 e. The van der Waals surface area contributed by atoms with Crippen molar-refractivity contribution in [3.8, 4) is 5.75 Å². The number of aliphatic hydroxyl groups excluding tert-OH is 1. The Labute approximate surface area is 279 Å². The fraction of sp³-hybridized carbons (Fsp3) is 0.297. The van der Waals surface area contributed by atoms with Gasteiger partial charge in [-0.1, -0.05) is 60.7 Å². The first-order valence-corrected chi connectivity index (χ1v) is 16.7. The van der Waals surface area contributed by atoms with Gasteiger partial charge in [0.25, 0.3) is 0 Å². The molecule has 0 spiro atoms. The molecule has 3 unspecified atom stereocenters. The molecule has 0 radical (unpaired) electrons. The summed E-state index contributed by atoms with van der Waals surface area (Å²) in [5, 5.41) is 15.3. The molecule has 5 N–H and O–H groups in total. The fourth-order valence-corrected chi connectivity index (χ4v) is 6.37. The lowest BCUT2D eigenvalue weighted by Crippen LogP contribution is -2.31. The van der Waals surface area contributed by atoms with Gasteiger partial charge in [0.1, 0.15) is 5.75 Å². The topological polar surface area (TPSA) is 132 Å². The molecule has 0 bridgehead atoms. The molecule has 246 valence electrons. The van der Waals surface area contributed by atoms with Crippen molar-refractivity contribution in [1.29, 1.82) is 0 Å². The number of benzene rings is 4. The lowest BCUT2D eigenvalue weighted by molar-refractivity contribution is -0.245. The number of anilines is 3. The van der Waals surface area contributed by atoms with Crippen LogP contribution < -0.4 is 21.1 Å². The van der Waals surface area contributed by atoms with Crippen LogP contribution in [0.4, 0.5) is 17.1 Å². The van der Waals surface area contributed by atoms with Crippen molar-refractivity contribution in [2.24, 2.45) is 0 Å². The van der Waals surface area contributed by atoms with Gasteiger partial charge in [-0.15, -0.1) is 11.8 Å². The number of methoxy groups -OCH3 is 1. The molecular formula is C37H41N3O6S. The Morgan fingerprint density at radius 2 is 1.60 bits per heavy atom. The Morgan fingerprint density at radius 3 is 2.34 bits per heavy atom. The molecule has 10 heteroatoms. The molecule has 47 heavy (non-hydrogen) atoms. The molecule has 0 saturated carbocycles. The number of ether oxygens (including phenoxy) is 3. The molecule has 1 saturated heterocycles. The Bertz CT molecular complexity index is 1630. The van der Waals surface area contributed by atoms with Gasteiger partial charge in [-0.3, -0.25) is 9.59 Å². The number of nitrogen functional groups attached to an aromatic ring is 1. The number of thioether (sulfide) groups is 1. The summed E-state index contributed by atoms with van der Waals surface area (Å²) in [6.07, 6.45) is 1.39. The van der Waals surface area contributed by atoms with Gasteiger partial charge >= 0.3 is 0 Å². The van der Waals surface area contributed by atoms with E-state index < -0.39 is 6.29 Å². The summed E-state index contributed by atoms with van der Waals surface area (Å²) < 4.78 is 18.5. The Balaban J connectivity index is 1.19. The molecule has 4 aromatic carbocycles. The molecule has 2 amide bonds. The van der Waals surface area contributed by atoms with Crippen molar-refractivity contribution in [2.75, 3.05) is 29.2 Å². The van der Waals surface area contributed by atoms with Crippen molar-refractivity contribution in [3.05, 3.63) is 114 Å². The van der Waals surface area contributed by atoms with E-state index >= 15 is 0 Å². The summed E-state index contributed by atoms with van der Waals surface area (Å²) in [4.78, 5) is 26.1. The zero-order valence-corrected chi connectivity index (χ0v) is 27.2. The molecule has 3 atom stereocenters. The van der Waals surface area contributed by atoms with Gasteiger partial charge in [-0.2, -0.15) is 0 Å². The SMILES string of the molecule is COc1ccccc1SCC1CC(c2ccc(CO)cc2)OC(c2cccc(NC(=O)CCCCC(=O)Nc3ccccc3N)c2)O1.